The molecule has 1 unspecified atom stereocenters. The molecule has 2 aromatic carbocycles. The van der Waals surface area contributed by atoms with Crippen LogP contribution in [0.3, 0.4) is 0 Å². The number of carbonyl (C=O) groups is 3. The van der Waals surface area contributed by atoms with E-state index in [4.69, 9.17) is 5.11 Å². The average Bonchev–Trinajstić information content (AvgIpc) is 2.66. The van der Waals surface area contributed by atoms with Gasteiger partial charge in [-0.05, 0) is 12.1 Å². The normalized spacial score (nSPS) is 15.0. The summed E-state index contributed by atoms with van der Waals surface area (Å²) >= 11 is 0. The number of aliphatic carboxylic acids is 1. The fraction of sp³-hybridized carbons (Fsp3) is 0.167. The van der Waals surface area contributed by atoms with Crippen LogP contribution in [-0.2, 0) is 16.1 Å². The molecule has 0 fully saturated rings. The largest absolute Gasteiger partial charge is 0.481 e. The van der Waals surface area contributed by atoms with Gasteiger partial charge in [-0.1, -0.05) is 18.2 Å². The summed E-state index contributed by atoms with van der Waals surface area (Å²) in [5, 5.41) is 28.1. The molecule has 28 heavy (non-hydrogen) atoms. The molecule has 0 saturated heterocycles. The Morgan fingerprint density at radius 1 is 1.21 bits per heavy atom. The Labute approximate surface area is 158 Å². The van der Waals surface area contributed by atoms with E-state index in [1.165, 1.54) is 12.1 Å². The minimum atomic E-state index is -1.17. The fourth-order valence-electron chi connectivity index (χ4n) is 2.84. The predicted octanol–water partition coefficient (Wildman–Crippen LogP) is 1.73. The fourth-order valence-corrected chi connectivity index (χ4v) is 2.84. The average molecular weight is 384 g/mol. The molecule has 4 N–H and O–H groups in total. The number of hydrogen-bond donors (Lipinski definition) is 4. The third-order valence-electron chi connectivity index (χ3n) is 4.16. The van der Waals surface area contributed by atoms with Crippen molar-refractivity contribution >= 4 is 34.8 Å². The van der Waals surface area contributed by atoms with Crippen molar-refractivity contribution < 1.29 is 24.4 Å². The van der Waals surface area contributed by atoms with Gasteiger partial charge in [0.2, 0.25) is 5.91 Å². The van der Waals surface area contributed by atoms with Gasteiger partial charge in [-0.25, -0.2) is 0 Å². The molecule has 144 valence electrons. The Balaban J connectivity index is 1.89. The lowest BCUT2D eigenvalue weighted by Crippen LogP contribution is -2.41. The number of rotatable bonds is 6. The zero-order valence-electron chi connectivity index (χ0n) is 14.5. The molecule has 1 heterocycles. The van der Waals surface area contributed by atoms with E-state index < -0.39 is 29.3 Å². The maximum atomic E-state index is 12.3. The lowest BCUT2D eigenvalue weighted by atomic mass is 10.0. The van der Waals surface area contributed by atoms with Crippen LogP contribution in [0.25, 0.3) is 0 Å². The van der Waals surface area contributed by atoms with Crippen LogP contribution in [0, 0.1) is 10.1 Å². The standard InChI is InChI=1S/C18H16N4O6/c23-15(24)8-14-18(26)21-13-7-12(22(27)28)6-11(16(13)20-14)9-19-17(25)10-4-2-1-3-5-10/h1-7,14,20H,8-9H2,(H,19,25)(H,21,26)(H,23,24). The molecular weight excluding hydrogens is 368 g/mol. The third kappa shape index (κ3) is 4.06. The molecule has 2 amide bonds. The number of non-ortho nitro benzene ring substituents is 1. The highest BCUT2D eigenvalue weighted by Crippen LogP contribution is 2.35. The highest BCUT2D eigenvalue weighted by atomic mass is 16.6. The smallest absolute Gasteiger partial charge is 0.305 e. The molecule has 0 radical (unpaired) electrons. The maximum Gasteiger partial charge on any atom is 0.305 e. The number of carboxylic acids is 1. The zero-order chi connectivity index (χ0) is 20.3. The Bertz CT molecular complexity index is 960. The Morgan fingerprint density at radius 2 is 1.93 bits per heavy atom. The number of nitrogens with one attached hydrogen (secondary N) is 3. The number of amides is 2. The predicted molar refractivity (Wildman–Crippen MR) is 99.0 cm³/mol. The Hall–Kier alpha value is -3.95. The summed E-state index contributed by atoms with van der Waals surface area (Å²) in [4.78, 5) is 45.9. The van der Waals surface area contributed by atoms with E-state index in [1.54, 1.807) is 30.3 Å². The summed E-state index contributed by atoms with van der Waals surface area (Å²) < 4.78 is 0. The number of benzene rings is 2. The van der Waals surface area contributed by atoms with Crippen molar-refractivity contribution in [3.05, 3.63) is 63.7 Å². The van der Waals surface area contributed by atoms with Gasteiger partial charge in [-0.15, -0.1) is 0 Å². The van der Waals surface area contributed by atoms with Gasteiger partial charge in [0.05, 0.1) is 22.7 Å². The van der Waals surface area contributed by atoms with Crippen LogP contribution in [0.15, 0.2) is 42.5 Å². The highest BCUT2D eigenvalue weighted by molar-refractivity contribution is 6.05. The molecule has 0 spiro atoms. The van der Waals surface area contributed by atoms with Crippen LogP contribution < -0.4 is 16.0 Å². The maximum absolute atomic E-state index is 12.3. The molecule has 1 aliphatic rings. The molecular formula is C18H16N4O6. The SMILES string of the molecule is O=C(O)CC1Nc2c(CNC(=O)c3ccccc3)cc([N+](=O)[O-])cc2NC1=O. The lowest BCUT2D eigenvalue weighted by Gasteiger charge is -2.27. The first-order chi connectivity index (χ1) is 13.3. The number of hydrogen-bond acceptors (Lipinski definition) is 6. The van der Waals surface area contributed by atoms with Gasteiger partial charge in [-0.2, -0.15) is 0 Å². The van der Waals surface area contributed by atoms with Gasteiger partial charge in [0.1, 0.15) is 6.04 Å². The van der Waals surface area contributed by atoms with E-state index in [1.807, 2.05) is 0 Å². The number of carbonyl (C=O) groups excluding carboxylic acids is 2. The van der Waals surface area contributed by atoms with Crippen molar-refractivity contribution in [2.24, 2.45) is 0 Å². The Morgan fingerprint density at radius 3 is 2.57 bits per heavy atom. The first-order valence-electron chi connectivity index (χ1n) is 8.29. The highest BCUT2D eigenvalue weighted by Gasteiger charge is 2.30. The van der Waals surface area contributed by atoms with Crippen molar-refractivity contribution in [1.82, 2.24) is 5.32 Å². The molecule has 0 aromatic heterocycles. The van der Waals surface area contributed by atoms with Crippen LogP contribution in [0.2, 0.25) is 0 Å². The second-order valence-electron chi connectivity index (χ2n) is 6.12. The Kier molecular flexibility index (Phi) is 5.21. The molecule has 10 nitrogen and oxygen atoms in total. The van der Waals surface area contributed by atoms with Crippen molar-refractivity contribution in [3.8, 4) is 0 Å². The molecule has 0 bridgehead atoms. The van der Waals surface area contributed by atoms with Gasteiger partial charge in [0.15, 0.2) is 0 Å². The van der Waals surface area contributed by atoms with Crippen molar-refractivity contribution in [2.45, 2.75) is 19.0 Å². The molecule has 1 atom stereocenters. The van der Waals surface area contributed by atoms with Gasteiger partial charge >= 0.3 is 5.97 Å². The van der Waals surface area contributed by atoms with E-state index in [2.05, 4.69) is 16.0 Å². The monoisotopic (exact) mass is 384 g/mol. The van der Waals surface area contributed by atoms with E-state index >= 15 is 0 Å². The molecule has 3 rings (SSSR count). The summed E-state index contributed by atoms with van der Waals surface area (Å²) in [6.07, 6.45) is -0.460. The summed E-state index contributed by atoms with van der Waals surface area (Å²) in [5.41, 5.74) is 1.01. The van der Waals surface area contributed by atoms with Gasteiger partial charge in [-0.3, -0.25) is 24.5 Å². The summed E-state index contributed by atoms with van der Waals surface area (Å²) in [6.45, 7) is -0.0552. The first-order valence-corrected chi connectivity index (χ1v) is 8.29. The van der Waals surface area contributed by atoms with E-state index in [9.17, 15) is 24.5 Å². The number of nitro groups is 1. The summed E-state index contributed by atoms with van der Waals surface area (Å²) in [6, 6.07) is 9.85. The third-order valence-corrected chi connectivity index (χ3v) is 4.16. The second-order valence-corrected chi connectivity index (χ2v) is 6.12. The topological polar surface area (TPSA) is 151 Å². The van der Waals surface area contributed by atoms with Crippen LogP contribution in [0.4, 0.5) is 17.1 Å². The summed E-state index contributed by atoms with van der Waals surface area (Å²) in [7, 11) is 0. The van der Waals surface area contributed by atoms with Gasteiger partial charge in [0.25, 0.3) is 11.6 Å². The van der Waals surface area contributed by atoms with Crippen LogP contribution in [0.1, 0.15) is 22.3 Å². The van der Waals surface area contributed by atoms with Crippen molar-refractivity contribution in [2.75, 3.05) is 10.6 Å². The van der Waals surface area contributed by atoms with E-state index in [0.717, 1.165) is 0 Å². The number of nitrogens with zero attached hydrogens (tertiary/aromatic N) is 1. The zero-order valence-corrected chi connectivity index (χ0v) is 14.5. The van der Waals surface area contributed by atoms with Crippen molar-refractivity contribution in [3.63, 3.8) is 0 Å². The number of carboxylic acid groups (broad SMARTS) is 1. The quantitative estimate of drug-likeness (QED) is 0.437. The molecule has 2 aromatic rings. The van der Waals surface area contributed by atoms with Gasteiger partial charge in [0, 0.05) is 29.8 Å². The van der Waals surface area contributed by atoms with Crippen LogP contribution >= 0.6 is 0 Å². The molecule has 0 aliphatic carbocycles. The number of anilines is 2. The van der Waals surface area contributed by atoms with Crippen LogP contribution in [-0.4, -0.2) is 33.9 Å². The second kappa shape index (κ2) is 7.74. The van der Waals surface area contributed by atoms with Crippen molar-refractivity contribution in [1.29, 1.82) is 0 Å². The van der Waals surface area contributed by atoms with Gasteiger partial charge < -0.3 is 21.1 Å². The molecule has 1 aliphatic heterocycles. The van der Waals surface area contributed by atoms with Crippen LogP contribution in [0.5, 0.6) is 0 Å². The number of nitro benzene ring substituents is 1. The number of fused-ring (bicyclic) bond motifs is 1. The first kappa shape index (κ1) is 18.8. The summed E-state index contributed by atoms with van der Waals surface area (Å²) in [5.74, 6) is -2.14. The molecule has 10 heteroatoms. The minimum absolute atomic E-state index is 0.0552. The molecule has 0 saturated carbocycles. The minimum Gasteiger partial charge on any atom is -0.481 e. The van der Waals surface area contributed by atoms with E-state index in [0.29, 0.717) is 16.8 Å². The van der Waals surface area contributed by atoms with E-state index in [-0.39, 0.29) is 23.8 Å². The lowest BCUT2D eigenvalue weighted by molar-refractivity contribution is -0.384.